The summed E-state index contributed by atoms with van der Waals surface area (Å²) in [4.78, 5) is 31.5. The second-order valence-corrected chi connectivity index (χ2v) is 9.54. The van der Waals surface area contributed by atoms with Crippen LogP contribution in [0.4, 0.5) is 5.69 Å². The minimum absolute atomic E-state index is 0.00335. The lowest BCUT2D eigenvalue weighted by Gasteiger charge is -2.30. The van der Waals surface area contributed by atoms with E-state index in [1.54, 1.807) is 11.0 Å². The second-order valence-electron chi connectivity index (χ2n) is 8.02. The summed E-state index contributed by atoms with van der Waals surface area (Å²) in [5.74, 6) is -0.325. The minimum Gasteiger partial charge on any atom is -0.355 e. The van der Waals surface area contributed by atoms with Crippen LogP contribution in [0.25, 0.3) is 6.08 Å². The number of hydrogen-bond acceptors (Lipinski definition) is 4. The molecule has 5 nitrogen and oxygen atoms in total. The summed E-state index contributed by atoms with van der Waals surface area (Å²) in [5, 5.41) is 3.60. The maximum absolute atomic E-state index is 13.3. The maximum Gasteiger partial charge on any atom is 0.265 e. The number of nitrogens with one attached hydrogen (secondary N) is 1. The zero-order valence-electron chi connectivity index (χ0n) is 19.4. The van der Waals surface area contributed by atoms with Crippen molar-refractivity contribution >= 4 is 46.9 Å². The highest BCUT2D eigenvalue weighted by Crippen LogP contribution is 2.41. The number of carbonyl (C=O) groups is 2. The van der Waals surface area contributed by atoms with Gasteiger partial charge in [-0.25, -0.2) is 0 Å². The lowest BCUT2D eigenvalue weighted by atomic mass is 10.2. The zero-order valence-corrected chi connectivity index (χ0v) is 20.9. The van der Waals surface area contributed by atoms with E-state index >= 15 is 0 Å². The number of benzene rings is 2. The molecular weight excluding hydrogens is 454 g/mol. The minimum atomic E-state index is -0.175. The molecule has 0 radical (unpaired) electrons. The van der Waals surface area contributed by atoms with Crippen LogP contribution in [-0.4, -0.2) is 49.4 Å². The third-order valence-electron chi connectivity index (χ3n) is 5.53. The summed E-state index contributed by atoms with van der Waals surface area (Å²) in [5.41, 5.74) is 1.62. The van der Waals surface area contributed by atoms with Crippen molar-refractivity contribution in [1.82, 2.24) is 10.2 Å². The van der Waals surface area contributed by atoms with Crippen molar-refractivity contribution in [2.75, 3.05) is 37.6 Å². The Morgan fingerprint density at radius 1 is 1.12 bits per heavy atom. The highest BCUT2D eigenvalue weighted by molar-refractivity contribution is 8.04. The summed E-state index contributed by atoms with van der Waals surface area (Å²) in [6, 6.07) is 15.1. The Morgan fingerprint density at radius 2 is 1.91 bits per heavy atom. The number of fused-ring (bicyclic) bond motifs is 1. The predicted molar refractivity (Wildman–Crippen MR) is 139 cm³/mol. The Labute approximate surface area is 206 Å². The number of halogens is 1. The van der Waals surface area contributed by atoms with Crippen molar-refractivity contribution in [3.05, 3.63) is 64.0 Å². The SMILES string of the molecule is CCCCN(CC)CCCNC(=O)CN1C(=O)C(=Cc2cccc(Cl)c2)Sc2ccccc21. The number of para-hydroxylation sites is 1. The van der Waals surface area contributed by atoms with Gasteiger partial charge in [0.2, 0.25) is 5.91 Å². The molecule has 0 aliphatic carbocycles. The molecule has 0 bridgehead atoms. The molecule has 0 fully saturated rings. The van der Waals surface area contributed by atoms with Crippen LogP contribution in [-0.2, 0) is 9.59 Å². The molecule has 2 aromatic rings. The van der Waals surface area contributed by atoms with E-state index in [4.69, 9.17) is 11.6 Å². The Bertz CT molecular complexity index is 995. The van der Waals surface area contributed by atoms with Crippen molar-refractivity contribution in [2.45, 2.75) is 38.0 Å². The first-order valence-electron chi connectivity index (χ1n) is 11.6. The van der Waals surface area contributed by atoms with E-state index in [2.05, 4.69) is 24.1 Å². The summed E-state index contributed by atoms with van der Waals surface area (Å²) in [6.07, 6.45) is 5.10. The quantitative estimate of drug-likeness (QED) is 0.339. The summed E-state index contributed by atoms with van der Waals surface area (Å²) in [6.45, 7) is 8.04. The van der Waals surface area contributed by atoms with Crippen molar-refractivity contribution in [3.63, 3.8) is 0 Å². The van der Waals surface area contributed by atoms with Crippen LogP contribution in [0.2, 0.25) is 5.02 Å². The molecule has 0 saturated heterocycles. The highest BCUT2D eigenvalue weighted by atomic mass is 35.5. The van der Waals surface area contributed by atoms with Gasteiger partial charge in [-0.2, -0.15) is 0 Å². The standard InChI is InChI=1S/C26H32ClN3O2S/c1-3-5-15-29(4-2)16-9-14-28-25(31)19-30-22-12-6-7-13-23(22)33-24(26(30)32)18-20-10-8-11-21(27)17-20/h6-8,10-13,17-18H,3-5,9,14-16,19H2,1-2H3,(H,28,31). The van der Waals surface area contributed by atoms with Crippen molar-refractivity contribution in [3.8, 4) is 0 Å². The number of hydrogen-bond donors (Lipinski definition) is 1. The van der Waals surface area contributed by atoms with E-state index in [0.29, 0.717) is 16.5 Å². The van der Waals surface area contributed by atoms with Gasteiger partial charge in [-0.3, -0.25) is 14.5 Å². The number of nitrogens with zero attached hydrogens (tertiary/aromatic N) is 2. The molecular formula is C26H32ClN3O2S. The van der Waals surface area contributed by atoms with Gasteiger partial charge in [-0.15, -0.1) is 0 Å². The van der Waals surface area contributed by atoms with Gasteiger partial charge in [-0.1, -0.05) is 67.9 Å². The molecule has 0 saturated carbocycles. The maximum atomic E-state index is 13.3. The fourth-order valence-electron chi connectivity index (χ4n) is 3.71. The van der Waals surface area contributed by atoms with Crippen LogP contribution in [0, 0.1) is 0 Å². The lowest BCUT2D eigenvalue weighted by molar-refractivity contribution is -0.122. The normalized spacial score (nSPS) is 14.6. The van der Waals surface area contributed by atoms with Gasteiger partial charge in [0.1, 0.15) is 6.54 Å². The summed E-state index contributed by atoms with van der Waals surface area (Å²) in [7, 11) is 0. The second kappa shape index (κ2) is 12.8. The number of rotatable bonds is 11. The number of anilines is 1. The molecule has 3 rings (SSSR count). The van der Waals surface area contributed by atoms with Gasteiger partial charge >= 0.3 is 0 Å². The van der Waals surface area contributed by atoms with Crippen LogP contribution >= 0.6 is 23.4 Å². The van der Waals surface area contributed by atoms with E-state index in [0.717, 1.165) is 42.2 Å². The molecule has 0 aromatic heterocycles. The van der Waals surface area contributed by atoms with Crippen LogP contribution in [0.5, 0.6) is 0 Å². The lowest BCUT2D eigenvalue weighted by Crippen LogP contribution is -2.43. The monoisotopic (exact) mass is 485 g/mol. The number of unbranched alkanes of at least 4 members (excludes halogenated alkanes) is 1. The molecule has 7 heteroatoms. The van der Waals surface area contributed by atoms with Crippen molar-refractivity contribution < 1.29 is 9.59 Å². The van der Waals surface area contributed by atoms with Gasteiger partial charge in [0.15, 0.2) is 0 Å². The third kappa shape index (κ3) is 7.36. The predicted octanol–water partition coefficient (Wildman–Crippen LogP) is 5.45. The Hall–Kier alpha value is -2.28. The van der Waals surface area contributed by atoms with Crippen LogP contribution in [0.1, 0.15) is 38.7 Å². The van der Waals surface area contributed by atoms with E-state index in [-0.39, 0.29) is 18.4 Å². The smallest absolute Gasteiger partial charge is 0.265 e. The molecule has 33 heavy (non-hydrogen) atoms. The first-order chi connectivity index (χ1) is 16.0. The van der Waals surface area contributed by atoms with Crippen LogP contribution < -0.4 is 10.2 Å². The molecule has 0 spiro atoms. The molecule has 1 N–H and O–H groups in total. The molecule has 1 aliphatic rings. The van der Waals surface area contributed by atoms with Crippen LogP contribution in [0.3, 0.4) is 0 Å². The van der Waals surface area contributed by atoms with Crippen molar-refractivity contribution in [1.29, 1.82) is 0 Å². The Balaban J connectivity index is 1.64. The molecule has 1 heterocycles. The van der Waals surface area contributed by atoms with Gasteiger partial charge in [0, 0.05) is 16.5 Å². The Kier molecular flexibility index (Phi) is 9.85. The van der Waals surface area contributed by atoms with Crippen LogP contribution in [0.15, 0.2) is 58.3 Å². The summed E-state index contributed by atoms with van der Waals surface area (Å²) >= 11 is 7.52. The molecule has 176 valence electrons. The largest absolute Gasteiger partial charge is 0.355 e. The van der Waals surface area contributed by atoms with Gasteiger partial charge < -0.3 is 10.2 Å². The van der Waals surface area contributed by atoms with Gasteiger partial charge in [-0.05, 0) is 68.4 Å². The van der Waals surface area contributed by atoms with Gasteiger partial charge in [0.05, 0.1) is 10.6 Å². The fraction of sp³-hybridized carbons (Fsp3) is 0.385. The molecule has 2 aromatic carbocycles. The first kappa shape index (κ1) is 25.3. The first-order valence-corrected chi connectivity index (χ1v) is 12.8. The number of thioether (sulfide) groups is 1. The van der Waals surface area contributed by atoms with E-state index in [1.807, 2.05) is 48.5 Å². The van der Waals surface area contributed by atoms with E-state index in [1.165, 1.54) is 24.6 Å². The molecule has 1 aliphatic heterocycles. The molecule has 0 atom stereocenters. The van der Waals surface area contributed by atoms with Crippen molar-refractivity contribution in [2.24, 2.45) is 0 Å². The summed E-state index contributed by atoms with van der Waals surface area (Å²) < 4.78 is 0. The zero-order chi connectivity index (χ0) is 23.6. The number of carbonyl (C=O) groups excluding carboxylic acids is 2. The highest BCUT2D eigenvalue weighted by Gasteiger charge is 2.30. The van der Waals surface area contributed by atoms with E-state index in [9.17, 15) is 9.59 Å². The van der Waals surface area contributed by atoms with Gasteiger partial charge in [0.25, 0.3) is 5.91 Å². The average molecular weight is 486 g/mol. The van der Waals surface area contributed by atoms with E-state index < -0.39 is 0 Å². The molecule has 0 unspecified atom stereocenters. The fourth-order valence-corrected chi connectivity index (χ4v) is 4.96. The third-order valence-corrected chi connectivity index (χ3v) is 6.84. The topological polar surface area (TPSA) is 52.7 Å². The Morgan fingerprint density at radius 3 is 2.67 bits per heavy atom. The molecule has 2 amide bonds. The number of amides is 2. The average Bonchev–Trinajstić information content (AvgIpc) is 2.81.